The van der Waals surface area contributed by atoms with E-state index in [-0.39, 0.29) is 18.2 Å². The number of para-hydroxylation sites is 2. The topological polar surface area (TPSA) is 49.9 Å². The second-order valence-corrected chi connectivity index (χ2v) is 5.15. The zero-order valence-corrected chi connectivity index (χ0v) is 14.0. The highest BCUT2D eigenvalue weighted by atomic mass is 35.5. The maximum atomic E-state index is 9.98. The van der Waals surface area contributed by atoms with Gasteiger partial charge in [0.1, 0.15) is 17.2 Å². The Kier molecular flexibility index (Phi) is 6.07. The van der Waals surface area contributed by atoms with E-state index in [1.807, 2.05) is 67.6 Å². The van der Waals surface area contributed by atoms with Crippen LogP contribution in [0.1, 0.15) is 12.6 Å². The number of nitrogens with one attached hydrogen (secondary N) is 1. The number of halogens is 1. The summed E-state index contributed by atoms with van der Waals surface area (Å²) in [7, 11) is 0. The number of hydrogen-bond acceptors (Lipinski definition) is 3. The van der Waals surface area contributed by atoms with Gasteiger partial charge in [-0.1, -0.05) is 41.5 Å². The highest BCUT2D eigenvalue weighted by Crippen LogP contribution is 2.14. The summed E-state index contributed by atoms with van der Waals surface area (Å²) in [5, 5.41) is 15.6. The predicted octanol–water partition coefficient (Wildman–Crippen LogP) is 0.0635. The molecule has 3 aromatic rings. The fourth-order valence-corrected chi connectivity index (χ4v) is 2.38. The third-order valence-corrected chi connectivity index (χ3v) is 3.50. The summed E-state index contributed by atoms with van der Waals surface area (Å²) in [6.45, 7) is 1.86. The molecule has 2 N–H and O–H groups in total. The van der Waals surface area contributed by atoms with Crippen molar-refractivity contribution in [1.82, 2.24) is 4.98 Å². The quantitative estimate of drug-likeness (QED) is 0.522. The van der Waals surface area contributed by atoms with Gasteiger partial charge in [0.2, 0.25) is 0 Å². The van der Waals surface area contributed by atoms with Gasteiger partial charge in [0.05, 0.1) is 0 Å². The molecular weight excluding hydrogens is 322 g/mol. The van der Waals surface area contributed by atoms with Gasteiger partial charge in [0, 0.05) is 30.5 Å². The maximum absolute atomic E-state index is 9.98. The van der Waals surface area contributed by atoms with Crippen LogP contribution >= 0.6 is 0 Å². The standard InChI is InChI=1S/C19H17N3O.ClH/c1-15(19-18(23)13-8-14-20-19)21-22(16-9-4-2-5-10-16)17-11-6-3-7-12-17;/h2-14,23H,1H3;1H. The average Bonchev–Trinajstić information content (AvgIpc) is 2.61. The van der Waals surface area contributed by atoms with Crippen LogP contribution in [0.25, 0.3) is 0 Å². The van der Waals surface area contributed by atoms with Crippen LogP contribution in [-0.2, 0) is 0 Å². The molecule has 0 aliphatic rings. The molecule has 0 spiro atoms. The molecule has 2 aromatic carbocycles. The van der Waals surface area contributed by atoms with Crippen molar-refractivity contribution < 1.29 is 22.5 Å². The molecule has 0 atom stereocenters. The smallest absolute Gasteiger partial charge is 0.162 e. The van der Waals surface area contributed by atoms with Crippen LogP contribution in [-0.4, -0.2) is 15.8 Å². The van der Waals surface area contributed by atoms with Crippen molar-refractivity contribution in [1.29, 1.82) is 0 Å². The van der Waals surface area contributed by atoms with Gasteiger partial charge in [-0.2, -0.15) is 0 Å². The number of quaternary nitrogens is 1. The Labute approximate surface area is 147 Å². The third kappa shape index (κ3) is 3.98. The van der Waals surface area contributed by atoms with E-state index in [0.29, 0.717) is 11.4 Å². The summed E-state index contributed by atoms with van der Waals surface area (Å²) in [6.07, 6.45) is 1.65. The molecule has 0 amide bonds. The molecular formula is C19H18ClN3O. The van der Waals surface area contributed by atoms with E-state index in [1.54, 1.807) is 18.3 Å². The lowest BCUT2D eigenvalue weighted by Gasteiger charge is -2.13. The molecule has 0 saturated carbocycles. The fourth-order valence-electron chi connectivity index (χ4n) is 2.38. The van der Waals surface area contributed by atoms with E-state index in [1.165, 1.54) is 0 Å². The van der Waals surface area contributed by atoms with E-state index in [0.717, 1.165) is 16.4 Å². The van der Waals surface area contributed by atoms with Gasteiger partial charge in [-0.3, -0.25) is 4.98 Å². The normalized spacial score (nSPS) is 11.2. The molecule has 24 heavy (non-hydrogen) atoms. The molecule has 0 fully saturated rings. The van der Waals surface area contributed by atoms with Gasteiger partial charge in [0.25, 0.3) is 0 Å². The maximum Gasteiger partial charge on any atom is 0.162 e. The second kappa shape index (κ2) is 8.24. The molecule has 0 saturated heterocycles. The molecule has 0 aliphatic carbocycles. The number of pyridine rings is 1. The van der Waals surface area contributed by atoms with Gasteiger partial charge in [-0.15, -0.1) is 5.01 Å². The van der Waals surface area contributed by atoms with Gasteiger partial charge in [-0.25, -0.2) is 0 Å². The third-order valence-electron chi connectivity index (χ3n) is 3.50. The molecule has 122 valence electrons. The molecule has 4 nitrogen and oxygen atoms in total. The number of hydrogen-bond donors (Lipinski definition) is 2. The molecule has 3 rings (SSSR count). The fraction of sp³-hybridized carbons (Fsp3) is 0.0526. The first-order valence-electron chi connectivity index (χ1n) is 7.43. The molecule has 0 radical (unpaired) electrons. The van der Waals surface area contributed by atoms with Crippen molar-refractivity contribution in [3.05, 3.63) is 84.7 Å². The zero-order chi connectivity index (χ0) is 16.1. The first-order chi connectivity index (χ1) is 11.3. The Morgan fingerprint density at radius 3 is 1.92 bits per heavy atom. The number of benzene rings is 2. The Morgan fingerprint density at radius 2 is 1.42 bits per heavy atom. The van der Waals surface area contributed by atoms with Crippen molar-refractivity contribution >= 4 is 17.1 Å². The van der Waals surface area contributed by atoms with Gasteiger partial charge in [0.15, 0.2) is 11.4 Å². The van der Waals surface area contributed by atoms with Crippen LogP contribution in [0.4, 0.5) is 11.4 Å². The molecule has 0 aliphatic heterocycles. The second-order valence-electron chi connectivity index (χ2n) is 5.15. The lowest BCUT2D eigenvalue weighted by atomic mass is 10.2. The van der Waals surface area contributed by atoms with Gasteiger partial charge < -0.3 is 17.5 Å². The first kappa shape index (κ1) is 17.7. The minimum Gasteiger partial charge on any atom is -1.00 e. The molecule has 1 heterocycles. The minimum absolute atomic E-state index is 0. The van der Waals surface area contributed by atoms with Crippen LogP contribution in [0.3, 0.4) is 0 Å². The summed E-state index contributed by atoms with van der Waals surface area (Å²) in [4.78, 5) is 4.22. The number of nitrogens with zero attached hydrogens (tertiary/aromatic N) is 2. The highest BCUT2D eigenvalue weighted by Gasteiger charge is 2.17. The van der Waals surface area contributed by atoms with Crippen molar-refractivity contribution in [3.8, 4) is 5.75 Å². The van der Waals surface area contributed by atoms with Crippen molar-refractivity contribution in [2.24, 2.45) is 5.10 Å². The van der Waals surface area contributed by atoms with E-state index in [9.17, 15) is 5.11 Å². The predicted molar refractivity (Wildman–Crippen MR) is 91.3 cm³/mol. The lowest BCUT2D eigenvalue weighted by molar-refractivity contribution is -0.767. The van der Waals surface area contributed by atoms with E-state index >= 15 is 0 Å². The summed E-state index contributed by atoms with van der Waals surface area (Å²) < 4.78 is 0. The Balaban J connectivity index is 0.00000208. The van der Waals surface area contributed by atoms with Crippen molar-refractivity contribution in [2.45, 2.75) is 6.92 Å². The summed E-state index contributed by atoms with van der Waals surface area (Å²) >= 11 is 0. The van der Waals surface area contributed by atoms with Crippen LogP contribution in [0.5, 0.6) is 5.75 Å². The number of rotatable bonds is 4. The van der Waals surface area contributed by atoms with Crippen LogP contribution in [0.15, 0.2) is 84.1 Å². The molecule has 0 unspecified atom stereocenters. The largest absolute Gasteiger partial charge is 1.00 e. The molecule has 0 bridgehead atoms. The molecule has 5 heteroatoms. The monoisotopic (exact) mass is 339 g/mol. The van der Waals surface area contributed by atoms with E-state index in [4.69, 9.17) is 5.10 Å². The van der Waals surface area contributed by atoms with E-state index in [2.05, 4.69) is 4.98 Å². The average molecular weight is 340 g/mol. The summed E-state index contributed by atoms with van der Waals surface area (Å²) in [5.74, 6) is 0.134. The highest BCUT2D eigenvalue weighted by molar-refractivity contribution is 5.98. The van der Waals surface area contributed by atoms with Crippen LogP contribution in [0, 0.1) is 0 Å². The van der Waals surface area contributed by atoms with Crippen molar-refractivity contribution in [3.63, 3.8) is 0 Å². The molecule has 1 aromatic heterocycles. The zero-order valence-electron chi connectivity index (χ0n) is 13.2. The van der Waals surface area contributed by atoms with Crippen LogP contribution < -0.4 is 17.4 Å². The first-order valence-corrected chi connectivity index (χ1v) is 7.43. The Hall–Kier alpha value is -2.69. The van der Waals surface area contributed by atoms with Crippen LogP contribution in [0.2, 0.25) is 0 Å². The lowest BCUT2D eigenvalue weighted by Crippen LogP contribution is -3.00. The summed E-state index contributed by atoms with van der Waals surface area (Å²) in [6, 6.07) is 23.3. The number of aromatic nitrogens is 1. The SMILES string of the molecule is CC(=N[NH+](c1ccccc1)c1ccccc1)c1ncccc1O.[Cl-]. The Bertz CT molecular complexity index is 768. The number of aromatic hydroxyl groups is 1. The van der Waals surface area contributed by atoms with E-state index < -0.39 is 0 Å². The van der Waals surface area contributed by atoms with Gasteiger partial charge in [-0.05, 0) is 19.1 Å². The summed E-state index contributed by atoms with van der Waals surface area (Å²) in [5.41, 5.74) is 3.21. The Morgan fingerprint density at radius 1 is 0.875 bits per heavy atom. The minimum atomic E-state index is 0. The van der Waals surface area contributed by atoms with Crippen molar-refractivity contribution in [2.75, 3.05) is 0 Å². The van der Waals surface area contributed by atoms with Gasteiger partial charge >= 0.3 is 0 Å².